The van der Waals surface area contributed by atoms with E-state index in [1.165, 1.54) is 18.2 Å². The molecule has 0 saturated heterocycles. The van der Waals surface area contributed by atoms with E-state index in [2.05, 4.69) is 25.3 Å². The summed E-state index contributed by atoms with van der Waals surface area (Å²) < 4.78 is 41.8. The topological polar surface area (TPSA) is 76.1 Å². The number of nitrogens with zero attached hydrogens (tertiary/aromatic N) is 2. The van der Waals surface area contributed by atoms with Gasteiger partial charge in [-0.25, -0.2) is 9.97 Å². The molecule has 0 radical (unpaired) electrons. The molecule has 36 heavy (non-hydrogen) atoms. The molecule has 2 N–H and O–H groups in total. The molecular formula is C27H23F3N4O2. The number of nitrogens with one attached hydrogen (secondary N) is 2. The van der Waals surface area contributed by atoms with Crippen LogP contribution in [0.4, 0.5) is 30.5 Å². The Bertz CT molecular complexity index is 1380. The zero-order chi connectivity index (χ0) is 25.9. The maximum absolute atomic E-state index is 12.7. The number of aromatic nitrogens is 2. The Kier molecular flexibility index (Phi) is 6.91. The summed E-state index contributed by atoms with van der Waals surface area (Å²) in [7, 11) is 0. The number of ether oxygens (including phenoxy) is 1. The van der Waals surface area contributed by atoms with Crippen molar-refractivity contribution in [2.24, 2.45) is 0 Å². The van der Waals surface area contributed by atoms with Gasteiger partial charge in [0.15, 0.2) is 0 Å². The van der Waals surface area contributed by atoms with Gasteiger partial charge in [-0.05, 0) is 73.9 Å². The van der Waals surface area contributed by atoms with Gasteiger partial charge in [0.2, 0.25) is 5.95 Å². The number of hydrogen-bond donors (Lipinski definition) is 2. The van der Waals surface area contributed by atoms with Crippen molar-refractivity contribution >= 4 is 23.2 Å². The average Bonchev–Trinajstić information content (AvgIpc) is 2.82. The van der Waals surface area contributed by atoms with Crippen LogP contribution in [0.15, 0.2) is 72.9 Å². The molecule has 0 spiro atoms. The third-order valence-corrected chi connectivity index (χ3v) is 5.44. The van der Waals surface area contributed by atoms with Gasteiger partial charge in [-0.15, -0.1) is 13.2 Å². The quantitative estimate of drug-likeness (QED) is 0.304. The lowest BCUT2D eigenvalue weighted by Gasteiger charge is -2.13. The van der Waals surface area contributed by atoms with Gasteiger partial charge in [-0.3, -0.25) is 4.79 Å². The van der Waals surface area contributed by atoms with Gasteiger partial charge < -0.3 is 15.4 Å². The lowest BCUT2D eigenvalue weighted by atomic mass is 10.1. The number of halogens is 3. The van der Waals surface area contributed by atoms with E-state index >= 15 is 0 Å². The first-order valence-corrected chi connectivity index (χ1v) is 11.0. The van der Waals surface area contributed by atoms with Crippen molar-refractivity contribution < 1.29 is 22.7 Å². The van der Waals surface area contributed by atoms with Crippen LogP contribution in [-0.4, -0.2) is 22.2 Å². The summed E-state index contributed by atoms with van der Waals surface area (Å²) in [6, 6.07) is 18.2. The smallest absolute Gasteiger partial charge is 0.406 e. The van der Waals surface area contributed by atoms with E-state index in [0.717, 1.165) is 16.8 Å². The Morgan fingerprint density at radius 2 is 1.56 bits per heavy atom. The van der Waals surface area contributed by atoms with Gasteiger partial charge in [0, 0.05) is 28.7 Å². The van der Waals surface area contributed by atoms with E-state index in [-0.39, 0.29) is 17.6 Å². The highest BCUT2D eigenvalue weighted by molar-refractivity contribution is 6.05. The Balaban J connectivity index is 1.50. The lowest BCUT2D eigenvalue weighted by Crippen LogP contribution is -2.17. The van der Waals surface area contributed by atoms with Crippen molar-refractivity contribution in [3.05, 3.63) is 95.2 Å². The molecular weight excluding hydrogens is 469 g/mol. The van der Waals surface area contributed by atoms with Crippen molar-refractivity contribution in [1.29, 1.82) is 0 Å². The number of amides is 1. The summed E-state index contributed by atoms with van der Waals surface area (Å²) in [4.78, 5) is 21.4. The molecule has 0 aliphatic heterocycles. The second kappa shape index (κ2) is 10.1. The van der Waals surface area contributed by atoms with Crippen molar-refractivity contribution in [2.45, 2.75) is 27.1 Å². The Morgan fingerprint density at radius 3 is 2.22 bits per heavy atom. The first kappa shape index (κ1) is 24.7. The molecule has 0 unspecified atom stereocenters. The number of alkyl halides is 3. The third kappa shape index (κ3) is 5.99. The summed E-state index contributed by atoms with van der Waals surface area (Å²) >= 11 is 0. The van der Waals surface area contributed by atoms with Gasteiger partial charge in [0.1, 0.15) is 5.75 Å². The number of aryl methyl sites for hydroxylation is 3. The third-order valence-electron chi connectivity index (χ3n) is 5.44. The summed E-state index contributed by atoms with van der Waals surface area (Å²) in [6.45, 7) is 5.64. The molecule has 4 aromatic rings. The molecule has 0 fully saturated rings. The van der Waals surface area contributed by atoms with E-state index < -0.39 is 6.36 Å². The molecule has 4 rings (SSSR count). The van der Waals surface area contributed by atoms with Crippen molar-refractivity contribution in [1.82, 2.24) is 9.97 Å². The minimum atomic E-state index is -4.78. The first-order valence-electron chi connectivity index (χ1n) is 11.0. The minimum absolute atomic E-state index is 0.228. The van der Waals surface area contributed by atoms with E-state index in [4.69, 9.17) is 0 Å². The van der Waals surface area contributed by atoms with Crippen LogP contribution in [0.2, 0.25) is 0 Å². The second-order valence-corrected chi connectivity index (χ2v) is 8.22. The molecule has 0 aliphatic carbocycles. The molecule has 6 nitrogen and oxygen atoms in total. The van der Waals surface area contributed by atoms with Crippen LogP contribution in [0.5, 0.6) is 5.75 Å². The summed E-state index contributed by atoms with van der Waals surface area (Å²) in [5, 5.41) is 6.01. The summed E-state index contributed by atoms with van der Waals surface area (Å²) in [6.07, 6.45) is -3.21. The Labute approximate surface area is 206 Å². The first-order chi connectivity index (χ1) is 17.1. The Morgan fingerprint density at radius 1 is 0.889 bits per heavy atom. The fraction of sp³-hybridized carbons (Fsp3) is 0.148. The highest BCUT2D eigenvalue weighted by atomic mass is 19.4. The molecule has 9 heteroatoms. The highest BCUT2D eigenvalue weighted by Gasteiger charge is 2.31. The number of carbonyl (C=O) groups is 1. The fourth-order valence-electron chi connectivity index (χ4n) is 3.67. The molecule has 0 aliphatic rings. The largest absolute Gasteiger partial charge is 0.573 e. The zero-order valence-corrected chi connectivity index (χ0v) is 19.8. The summed E-state index contributed by atoms with van der Waals surface area (Å²) in [5.74, 6) is -0.304. The van der Waals surface area contributed by atoms with Gasteiger partial charge >= 0.3 is 6.36 Å². The molecule has 0 bridgehead atoms. The monoisotopic (exact) mass is 492 g/mol. The number of benzene rings is 3. The van der Waals surface area contributed by atoms with Crippen LogP contribution in [0, 0.1) is 20.8 Å². The van der Waals surface area contributed by atoms with Crippen LogP contribution in [-0.2, 0) is 0 Å². The van der Waals surface area contributed by atoms with Gasteiger partial charge in [0.05, 0.1) is 5.69 Å². The fourth-order valence-corrected chi connectivity index (χ4v) is 3.67. The Hall–Kier alpha value is -4.40. The maximum atomic E-state index is 12.7. The van der Waals surface area contributed by atoms with Crippen molar-refractivity contribution in [2.75, 3.05) is 10.6 Å². The van der Waals surface area contributed by atoms with Crippen LogP contribution in [0.1, 0.15) is 27.0 Å². The predicted molar refractivity (Wildman–Crippen MR) is 132 cm³/mol. The van der Waals surface area contributed by atoms with E-state index in [9.17, 15) is 18.0 Å². The number of para-hydroxylation sites is 1. The lowest BCUT2D eigenvalue weighted by molar-refractivity contribution is -0.274. The van der Waals surface area contributed by atoms with Crippen molar-refractivity contribution in [3.63, 3.8) is 0 Å². The molecule has 0 atom stereocenters. The zero-order valence-electron chi connectivity index (χ0n) is 19.8. The molecule has 184 valence electrons. The van der Waals surface area contributed by atoms with E-state index in [1.54, 1.807) is 43.5 Å². The number of anilines is 3. The number of hydrogen-bond acceptors (Lipinski definition) is 5. The van der Waals surface area contributed by atoms with Crippen LogP contribution < -0.4 is 15.4 Å². The molecule has 1 amide bonds. The standard InChI is InChI=1S/C27H23F3N4O2/c1-16-6-4-7-17(2)23(16)33-25(35)19-10-12-21(13-11-19)32-26-31-15-18(3)24(34-26)20-8-5-9-22(14-20)36-27(28,29)30/h4-15H,1-3H3,(H,33,35)(H,31,32,34). The van der Waals surface area contributed by atoms with E-state index in [1.807, 2.05) is 32.0 Å². The SMILES string of the molecule is Cc1cnc(Nc2ccc(C(=O)Nc3c(C)cccc3C)cc2)nc1-c1cccc(OC(F)(F)F)c1. The van der Waals surface area contributed by atoms with Crippen LogP contribution >= 0.6 is 0 Å². The average molecular weight is 493 g/mol. The van der Waals surface area contributed by atoms with Gasteiger partial charge in [-0.1, -0.05) is 30.3 Å². The highest BCUT2D eigenvalue weighted by Crippen LogP contribution is 2.29. The van der Waals surface area contributed by atoms with Crippen molar-refractivity contribution in [3.8, 4) is 17.0 Å². The molecule has 0 saturated carbocycles. The maximum Gasteiger partial charge on any atom is 0.573 e. The number of rotatable bonds is 6. The molecule has 3 aromatic carbocycles. The number of carbonyl (C=O) groups excluding carboxylic acids is 1. The molecule has 1 aromatic heterocycles. The summed E-state index contributed by atoms with van der Waals surface area (Å²) in [5.41, 5.74) is 5.47. The van der Waals surface area contributed by atoms with Crippen LogP contribution in [0.3, 0.4) is 0 Å². The minimum Gasteiger partial charge on any atom is -0.406 e. The normalized spacial score (nSPS) is 11.2. The second-order valence-electron chi connectivity index (χ2n) is 8.22. The van der Waals surface area contributed by atoms with Gasteiger partial charge in [-0.2, -0.15) is 0 Å². The molecule has 1 heterocycles. The predicted octanol–water partition coefficient (Wildman–Crippen LogP) is 6.96. The van der Waals surface area contributed by atoms with Crippen LogP contribution in [0.25, 0.3) is 11.3 Å². The van der Waals surface area contributed by atoms with Gasteiger partial charge in [0.25, 0.3) is 5.91 Å². The van der Waals surface area contributed by atoms with E-state index in [0.29, 0.717) is 28.1 Å².